The molecule has 0 saturated heterocycles. The van der Waals surface area contributed by atoms with Crippen LogP contribution in [0.1, 0.15) is 32.5 Å². The van der Waals surface area contributed by atoms with Crippen molar-refractivity contribution >= 4 is 12.0 Å². The summed E-state index contributed by atoms with van der Waals surface area (Å²) in [5.74, 6) is 1.57. The first-order valence-electron chi connectivity index (χ1n) is 5.70. The van der Waals surface area contributed by atoms with Crippen molar-refractivity contribution in [3.63, 3.8) is 0 Å². The number of hydrogen-bond acceptors (Lipinski definition) is 7. The number of nitrogen functional groups attached to an aromatic ring is 1. The van der Waals surface area contributed by atoms with Crippen LogP contribution in [0.4, 0.5) is 12.0 Å². The minimum Gasteiger partial charge on any atom is -0.408 e. The Morgan fingerprint density at radius 2 is 2.11 bits per heavy atom. The van der Waals surface area contributed by atoms with Gasteiger partial charge in [0.1, 0.15) is 5.82 Å². The summed E-state index contributed by atoms with van der Waals surface area (Å²) in [6, 6.07) is 0.410. The molecule has 0 aromatic carbocycles. The number of H-pyrrole nitrogens is 1. The Morgan fingerprint density at radius 1 is 1.33 bits per heavy atom. The second-order valence-electron chi connectivity index (χ2n) is 4.98. The van der Waals surface area contributed by atoms with Crippen LogP contribution in [0, 0.1) is 0 Å². The molecule has 4 N–H and O–H groups in total. The molecule has 0 spiro atoms. The molecule has 98 valence electrons. The molecular weight excluding hydrogens is 234 g/mol. The minimum atomic E-state index is -0.147. The van der Waals surface area contributed by atoms with Crippen LogP contribution in [0.25, 0.3) is 0 Å². The summed E-state index contributed by atoms with van der Waals surface area (Å²) in [5.41, 5.74) is 5.25. The minimum absolute atomic E-state index is 0.147. The Labute approximate surface area is 104 Å². The lowest BCUT2D eigenvalue weighted by Crippen LogP contribution is -2.11. The van der Waals surface area contributed by atoms with Crippen molar-refractivity contribution < 1.29 is 4.42 Å². The van der Waals surface area contributed by atoms with Gasteiger partial charge < -0.3 is 15.5 Å². The van der Waals surface area contributed by atoms with Crippen molar-refractivity contribution in [3.8, 4) is 0 Å². The molecule has 0 fully saturated rings. The Morgan fingerprint density at radius 3 is 2.67 bits per heavy atom. The molecule has 2 aromatic rings. The first-order valence-corrected chi connectivity index (χ1v) is 5.70. The maximum Gasteiger partial charge on any atom is 0.315 e. The summed E-state index contributed by atoms with van der Waals surface area (Å²) < 4.78 is 5.49. The molecule has 0 atom stereocenters. The van der Waals surface area contributed by atoms with Gasteiger partial charge in [-0.05, 0) is 0 Å². The largest absolute Gasteiger partial charge is 0.408 e. The van der Waals surface area contributed by atoms with Crippen molar-refractivity contribution in [2.24, 2.45) is 0 Å². The third-order valence-corrected chi connectivity index (χ3v) is 2.25. The number of anilines is 2. The summed E-state index contributed by atoms with van der Waals surface area (Å²) in [7, 11) is 0. The lowest BCUT2D eigenvalue weighted by atomic mass is 9.97. The van der Waals surface area contributed by atoms with E-state index in [-0.39, 0.29) is 11.4 Å². The molecule has 2 aromatic heterocycles. The maximum atomic E-state index is 5.49. The van der Waals surface area contributed by atoms with Crippen molar-refractivity contribution in [3.05, 3.63) is 11.7 Å². The molecule has 18 heavy (non-hydrogen) atoms. The average molecular weight is 251 g/mol. The van der Waals surface area contributed by atoms with Gasteiger partial charge in [-0.25, -0.2) is 0 Å². The summed E-state index contributed by atoms with van der Waals surface area (Å²) in [6.45, 7) is 6.66. The van der Waals surface area contributed by atoms with E-state index < -0.39 is 0 Å². The molecule has 8 heteroatoms. The van der Waals surface area contributed by atoms with Crippen molar-refractivity contribution in [2.75, 3.05) is 17.6 Å². The van der Waals surface area contributed by atoms with E-state index in [4.69, 9.17) is 10.2 Å². The quantitative estimate of drug-likeness (QED) is 0.732. The van der Waals surface area contributed by atoms with Crippen LogP contribution >= 0.6 is 0 Å². The molecule has 8 nitrogen and oxygen atoms in total. The van der Waals surface area contributed by atoms with Gasteiger partial charge in [0, 0.05) is 18.4 Å². The van der Waals surface area contributed by atoms with Crippen LogP contribution in [0.3, 0.4) is 0 Å². The molecule has 0 aliphatic heterocycles. The molecule has 0 aliphatic carbocycles. The van der Waals surface area contributed by atoms with E-state index in [9.17, 15) is 0 Å². The van der Waals surface area contributed by atoms with E-state index in [1.807, 2.05) is 20.8 Å². The smallest absolute Gasteiger partial charge is 0.315 e. The molecule has 0 bridgehead atoms. The second-order valence-corrected chi connectivity index (χ2v) is 4.98. The standard InChI is InChI=1S/C10H17N7O/c1-10(2,3)7-15-17-9(18-7)12-5-4-6-13-8(11)16-14-6/h4-5H2,1-3H3,(H,12,17)(H3,11,13,14,16). The van der Waals surface area contributed by atoms with Crippen molar-refractivity contribution in [1.82, 2.24) is 25.4 Å². The number of hydrogen-bond donors (Lipinski definition) is 3. The topological polar surface area (TPSA) is 119 Å². The SMILES string of the molecule is CC(C)(C)c1nnc(NCCc2nc(N)n[nH]2)o1. The van der Waals surface area contributed by atoms with Crippen LogP contribution in [-0.2, 0) is 11.8 Å². The van der Waals surface area contributed by atoms with E-state index in [0.29, 0.717) is 24.9 Å². The number of nitrogens with two attached hydrogens (primary N) is 1. The summed E-state index contributed by atoms with van der Waals surface area (Å²) in [6.07, 6.45) is 0.650. The normalized spacial score (nSPS) is 11.7. The summed E-state index contributed by atoms with van der Waals surface area (Å²) in [5, 5.41) is 17.4. The van der Waals surface area contributed by atoms with Crippen molar-refractivity contribution in [1.29, 1.82) is 0 Å². The van der Waals surface area contributed by atoms with Gasteiger partial charge in [-0.3, -0.25) is 5.10 Å². The van der Waals surface area contributed by atoms with E-state index in [2.05, 4.69) is 30.7 Å². The monoisotopic (exact) mass is 251 g/mol. The highest BCUT2D eigenvalue weighted by Crippen LogP contribution is 2.21. The van der Waals surface area contributed by atoms with E-state index >= 15 is 0 Å². The molecule has 0 amide bonds. The van der Waals surface area contributed by atoms with Gasteiger partial charge in [-0.2, -0.15) is 4.98 Å². The number of nitrogens with one attached hydrogen (secondary N) is 2. The fourth-order valence-corrected chi connectivity index (χ4v) is 1.31. The molecule has 0 saturated carbocycles. The Kier molecular flexibility index (Phi) is 3.17. The maximum absolute atomic E-state index is 5.49. The van der Waals surface area contributed by atoms with Gasteiger partial charge in [-0.1, -0.05) is 25.9 Å². The third kappa shape index (κ3) is 2.96. The summed E-state index contributed by atoms with van der Waals surface area (Å²) in [4.78, 5) is 3.99. The second kappa shape index (κ2) is 4.63. The Balaban J connectivity index is 1.85. The van der Waals surface area contributed by atoms with Crippen LogP contribution in [0.5, 0.6) is 0 Å². The fourth-order valence-electron chi connectivity index (χ4n) is 1.31. The highest BCUT2D eigenvalue weighted by Gasteiger charge is 2.21. The molecule has 0 radical (unpaired) electrons. The van der Waals surface area contributed by atoms with Gasteiger partial charge in [0.15, 0.2) is 0 Å². The van der Waals surface area contributed by atoms with Gasteiger partial charge in [-0.15, -0.1) is 10.2 Å². The first kappa shape index (κ1) is 12.3. The lowest BCUT2D eigenvalue weighted by Gasteiger charge is -2.10. The molecule has 2 heterocycles. The fraction of sp³-hybridized carbons (Fsp3) is 0.600. The zero-order chi connectivity index (χ0) is 13.2. The zero-order valence-corrected chi connectivity index (χ0v) is 10.7. The van der Waals surface area contributed by atoms with E-state index in [1.165, 1.54) is 0 Å². The van der Waals surface area contributed by atoms with Gasteiger partial charge in [0.25, 0.3) is 0 Å². The number of aromatic nitrogens is 5. The predicted molar refractivity (Wildman–Crippen MR) is 66.0 cm³/mol. The number of aromatic amines is 1. The molecular formula is C10H17N7O. The number of rotatable bonds is 4. The van der Waals surface area contributed by atoms with Crippen LogP contribution in [0.15, 0.2) is 4.42 Å². The van der Waals surface area contributed by atoms with Crippen molar-refractivity contribution in [2.45, 2.75) is 32.6 Å². The Hall–Kier alpha value is -2.12. The Bertz CT molecular complexity index is 510. The third-order valence-electron chi connectivity index (χ3n) is 2.25. The average Bonchev–Trinajstić information content (AvgIpc) is 2.87. The number of nitrogens with zero attached hydrogens (tertiary/aromatic N) is 4. The molecule has 0 unspecified atom stereocenters. The molecule has 0 aliphatic rings. The lowest BCUT2D eigenvalue weighted by molar-refractivity contribution is 0.399. The van der Waals surface area contributed by atoms with Gasteiger partial charge in [0.05, 0.1) is 0 Å². The van der Waals surface area contributed by atoms with Gasteiger partial charge in [0.2, 0.25) is 11.8 Å². The zero-order valence-electron chi connectivity index (χ0n) is 10.7. The first-order chi connectivity index (χ1) is 8.45. The van der Waals surface area contributed by atoms with E-state index in [0.717, 1.165) is 5.82 Å². The van der Waals surface area contributed by atoms with E-state index in [1.54, 1.807) is 0 Å². The highest BCUT2D eigenvalue weighted by molar-refractivity contribution is 5.19. The summed E-state index contributed by atoms with van der Waals surface area (Å²) >= 11 is 0. The predicted octanol–water partition coefficient (Wildman–Crippen LogP) is 0.722. The van der Waals surface area contributed by atoms with Crippen LogP contribution < -0.4 is 11.1 Å². The molecule has 2 rings (SSSR count). The van der Waals surface area contributed by atoms with Gasteiger partial charge >= 0.3 is 6.01 Å². The highest BCUT2D eigenvalue weighted by atomic mass is 16.4. The van der Waals surface area contributed by atoms with Crippen LogP contribution in [-0.4, -0.2) is 31.9 Å². The van der Waals surface area contributed by atoms with Crippen LogP contribution in [0.2, 0.25) is 0 Å².